The Labute approximate surface area is 127 Å². The van der Waals surface area contributed by atoms with E-state index in [1.165, 1.54) is 19.2 Å². The Kier molecular flexibility index (Phi) is 5.85. The predicted molar refractivity (Wildman–Crippen MR) is 78.0 cm³/mol. The maximum Gasteiger partial charge on any atom is 0.326 e. The molecule has 1 aromatic rings. The lowest BCUT2D eigenvalue weighted by Gasteiger charge is -2.20. The van der Waals surface area contributed by atoms with Crippen LogP contribution >= 0.6 is 0 Å². The first-order valence-electron chi connectivity index (χ1n) is 6.67. The molecule has 0 saturated heterocycles. The van der Waals surface area contributed by atoms with E-state index in [1.807, 2.05) is 6.92 Å². The van der Waals surface area contributed by atoms with Gasteiger partial charge < -0.3 is 15.2 Å². The van der Waals surface area contributed by atoms with Gasteiger partial charge in [-0.05, 0) is 18.1 Å². The lowest BCUT2D eigenvalue weighted by atomic mass is 9.99. The molecule has 0 bridgehead atoms. The van der Waals surface area contributed by atoms with Crippen molar-refractivity contribution in [2.45, 2.75) is 26.3 Å². The van der Waals surface area contributed by atoms with Crippen molar-refractivity contribution in [2.75, 3.05) is 7.11 Å². The van der Waals surface area contributed by atoms with Gasteiger partial charge in [-0.1, -0.05) is 20.3 Å². The minimum Gasteiger partial charge on any atom is -0.490 e. The maximum absolute atomic E-state index is 12.1. The summed E-state index contributed by atoms with van der Waals surface area (Å²) in [5.74, 6) is -2.07. The number of benzene rings is 1. The number of nitro benzene ring substituents is 1. The van der Waals surface area contributed by atoms with E-state index >= 15 is 0 Å². The zero-order chi connectivity index (χ0) is 16.9. The van der Waals surface area contributed by atoms with Crippen LogP contribution in [0.2, 0.25) is 0 Å². The highest BCUT2D eigenvalue weighted by molar-refractivity contribution is 5.97. The van der Waals surface area contributed by atoms with Gasteiger partial charge in [-0.15, -0.1) is 0 Å². The number of ether oxygens (including phenoxy) is 1. The molecule has 1 rings (SSSR count). The Morgan fingerprint density at radius 2 is 2.09 bits per heavy atom. The number of carboxylic acids is 1. The Hall–Kier alpha value is -2.64. The summed E-state index contributed by atoms with van der Waals surface area (Å²) in [6, 6.07) is 2.64. The van der Waals surface area contributed by atoms with Gasteiger partial charge in [0, 0.05) is 11.6 Å². The monoisotopic (exact) mass is 310 g/mol. The van der Waals surface area contributed by atoms with E-state index in [2.05, 4.69) is 5.32 Å². The number of hydrogen-bond donors (Lipinski definition) is 2. The zero-order valence-corrected chi connectivity index (χ0v) is 12.5. The van der Waals surface area contributed by atoms with Gasteiger partial charge in [-0.3, -0.25) is 14.9 Å². The molecule has 0 aliphatic rings. The minimum absolute atomic E-state index is 0.00190. The topological polar surface area (TPSA) is 119 Å². The second-order valence-corrected chi connectivity index (χ2v) is 4.82. The van der Waals surface area contributed by atoms with E-state index < -0.39 is 22.8 Å². The summed E-state index contributed by atoms with van der Waals surface area (Å²) in [7, 11) is 1.28. The molecular formula is C14H18N2O6. The first kappa shape index (κ1) is 17.4. The zero-order valence-electron chi connectivity index (χ0n) is 12.5. The van der Waals surface area contributed by atoms with Crippen LogP contribution in [0.1, 0.15) is 30.6 Å². The van der Waals surface area contributed by atoms with Crippen LogP contribution in [0.4, 0.5) is 5.69 Å². The van der Waals surface area contributed by atoms with Gasteiger partial charge in [0.05, 0.1) is 12.0 Å². The second kappa shape index (κ2) is 7.39. The third kappa shape index (κ3) is 3.94. The summed E-state index contributed by atoms with van der Waals surface area (Å²) in [6.07, 6.45) is 0.569. The molecule has 2 atom stereocenters. The summed E-state index contributed by atoms with van der Waals surface area (Å²) in [4.78, 5) is 33.6. The molecule has 0 saturated carbocycles. The van der Waals surface area contributed by atoms with Crippen LogP contribution < -0.4 is 10.1 Å². The quantitative estimate of drug-likeness (QED) is 0.586. The van der Waals surface area contributed by atoms with Crippen LogP contribution in [0, 0.1) is 16.0 Å². The average molecular weight is 310 g/mol. The normalized spacial score (nSPS) is 13.0. The Morgan fingerprint density at radius 3 is 2.55 bits per heavy atom. The molecule has 0 heterocycles. The standard InChI is InChI=1S/C14H18N2O6/c1-4-8(2)12(14(18)19)15-13(17)9-5-6-11(22-3)10(7-9)16(20)21/h5-8,12H,4H2,1-3H3,(H,15,17)(H,18,19). The number of methoxy groups -OCH3 is 1. The number of nitro groups is 1. The molecule has 0 spiro atoms. The van der Waals surface area contributed by atoms with Crippen molar-refractivity contribution in [3.8, 4) is 5.75 Å². The number of carbonyl (C=O) groups excluding carboxylic acids is 1. The van der Waals surface area contributed by atoms with E-state index in [1.54, 1.807) is 6.92 Å². The third-order valence-electron chi connectivity index (χ3n) is 3.40. The molecule has 0 aliphatic heterocycles. The minimum atomic E-state index is -1.15. The molecule has 2 N–H and O–H groups in total. The fraction of sp³-hybridized carbons (Fsp3) is 0.429. The van der Waals surface area contributed by atoms with E-state index in [9.17, 15) is 19.7 Å². The van der Waals surface area contributed by atoms with Gasteiger partial charge in [0.15, 0.2) is 5.75 Å². The first-order valence-corrected chi connectivity index (χ1v) is 6.67. The van der Waals surface area contributed by atoms with E-state index in [0.29, 0.717) is 6.42 Å². The van der Waals surface area contributed by atoms with E-state index in [0.717, 1.165) is 6.07 Å². The van der Waals surface area contributed by atoms with Crippen molar-refractivity contribution >= 4 is 17.6 Å². The lowest BCUT2D eigenvalue weighted by Crippen LogP contribution is -2.45. The molecule has 0 aliphatic carbocycles. The van der Waals surface area contributed by atoms with Gasteiger partial charge in [-0.2, -0.15) is 0 Å². The molecule has 0 fully saturated rings. The third-order valence-corrected chi connectivity index (χ3v) is 3.40. The fourth-order valence-electron chi connectivity index (χ4n) is 1.88. The molecule has 2 unspecified atom stereocenters. The number of carboxylic acid groups (broad SMARTS) is 1. The van der Waals surface area contributed by atoms with Crippen molar-refractivity contribution in [2.24, 2.45) is 5.92 Å². The first-order chi connectivity index (χ1) is 10.3. The van der Waals surface area contributed by atoms with Crippen LogP contribution in [0.3, 0.4) is 0 Å². The van der Waals surface area contributed by atoms with Gasteiger partial charge in [0.1, 0.15) is 6.04 Å². The number of nitrogens with one attached hydrogen (secondary N) is 1. The van der Waals surface area contributed by atoms with Crippen molar-refractivity contribution in [3.63, 3.8) is 0 Å². The van der Waals surface area contributed by atoms with Crippen LogP contribution in [0.5, 0.6) is 5.75 Å². The predicted octanol–water partition coefficient (Wildman–Crippen LogP) is 1.83. The number of hydrogen-bond acceptors (Lipinski definition) is 5. The van der Waals surface area contributed by atoms with Crippen LogP contribution in [0.15, 0.2) is 18.2 Å². The summed E-state index contributed by atoms with van der Waals surface area (Å²) in [5, 5.41) is 22.5. The molecule has 0 aromatic heterocycles. The number of rotatable bonds is 7. The molecule has 1 aromatic carbocycles. The maximum atomic E-state index is 12.1. The molecule has 8 heteroatoms. The highest BCUT2D eigenvalue weighted by Gasteiger charge is 2.27. The molecule has 8 nitrogen and oxygen atoms in total. The molecule has 22 heavy (non-hydrogen) atoms. The highest BCUT2D eigenvalue weighted by atomic mass is 16.6. The van der Waals surface area contributed by atoms with Crippen molar-refractivity contribution in [1.82, 2.24) is 5.32 Å². The summed E-state index contributed by atoms with van der Waals surface area (Å²) < 4.78 is 4.85. The Bertz CT molecular complexity index is 587. The van der Waals surface area contributed by atoms with E-state index in [-0.39, 0.29) is 22.9 Å². The molecule has 1 amide bonds. The smallest absolute Gasteiger partial charge is 0.326 e. The Balaban J connectivity index is 3.05. The number of aliphatic carboxylic acids is 1. The molecule has 0 radical (unpaired) electrons. The van der Waals surface area contributed by atoms with Gasteiger partial charge in [0.2, 0.25) is 0 Å². The van der Waals surface area contributed by atoms with Crippen LogP contribution in [-0.4, -0.2) is 35.1 Å². The summed E-state index contributed by atoms with van der Waals surface area (Å²) in [5.41, 5.74) is -0.354. The van der Waals surface area contributed by atoms with Gasteiger partial charge in [0.25, 0.3) is 5.91 Å². The van der Waals surface area contributed by atoms with Crippen LogP contribution in [0.25, 0.3) is 0 Å². The van der Waals surface area contributed by atoms with Gasteiger partial charge >= 0.3 is 11.7 Å². The fourth-order valence-corrected chi connectivity index (χ4v) is 1.88. The van der Waals surface area contributed by atoms with Crippen molar-refractivity contribution < 1.29 is 24.4 Å². The number of amides is 1. The second-order valence-electron chi connectivity index (χ2n) is 4.82. The van der Waals surface area contributed by atoms with Crippen molar-refractivity contribution in [3.05, 3.63) is 33.9 Å². The lowest BCUT2D eigenvalue weighted by molar-refractivity contribution is -0.385. The Morgan fingerprint density at radius 1 is 1.45 bits per heavy atom. The summed E-state index contributed by atoms with van der Waals surface area (Å²) in [6.45, 7) is 3.51. The molecular weight excluding hydrogens is 292 g/mol. The van der Waals surface area contributed by atoms with Gasteiger partial charge in [-0.25, -0.2) is 4.79 Å². The number of nitrogens with zero attached hydrogens (tertiary/aromatic N) is 1. The highest BCUT2D eigenvalue weighted by Crippen LogP contribution is 2.27. The van der Waals surface area contributed by atoms with E-state index in [4.69, 9.17) is 9.84 Å². The molecule has 120 valence electrons. The average Bonchev–Trinajstić information content (AvgIpc) is 2.50. The number of carbonyl (C=O) groups is 2. The summed E-state index contributed by atoms with van der Waals surface area (Å²) >= 11 is 0. The largest absolute Gasteiger partial charge is 0.490 e. The van der Waals surface area contributed by atoms with Crippen molar-refractivity contribution in [1.29, 1.82) is 0 Å². The SMILES string of the molecule is CCC(C)C(NC(=O)c1ccc(OC)c([N+](=O)[O-])c1)C(=O)O. The van der Waals surface area contributed by atoms with Crippen LogP contribution in [-0.2, 0) is 4.79 Å².